The number of rotatable bonds is 9. The Bertz CT molecular complexity index is 1510. The zero-order valence-corrected chi connectivity index (χ0v) is 22.1. The molecule has 200 valence electrons. The summed E-state index contributed by atoms with van der Waals surface area (Å²) in [6, 6.07) is 14.1. The first kappa shape index (κ1) is 27.2. The number of ketones is 1. The molecule has 39 heavy (non-hydrogen) atoms. The molecule has 0 bridgehead atoms. The minimum Gasteiger partial charge on any atom is -0.494 e. The first-order valence-corrected chi connectivity index (χ1v) is 12.2. The second-order valence-electron chi connectivity index (χ2n) is 8.81. The number of ether oxygens (including phenoxy) is 2. The Morgan fingerprint density at radius 2 is 1.74 bits per heavy atom. The third-order valence-electron chi connectivity index (χ3n) is 5.88. The number of anilines is 2. The molecule has 1 amide bonds. The molecule has 0 heterocycles. The molecule has 3 aromatic rings. The summed E-state index contributed by atoms with van der Waals surface area (Å²) < 4.78 is 11.0. The average molecular weight is 528 g/mol. The fourth-order valence-electron chi connectivity index (χ4n) is 3.92. The third-order valence-corrected chi connectivity index (χ3v) is 5.88. The van der Waals surface area contributed by atoms with Gasteiger partial charge in [-0.05, 0) is 79.1 Å². The molecule has 0 atom stereocenters. The van der Waals surface area contributed by atoms with Crippen LogP contribution in [0.25, 0.3) is 6.08 Å². The molecule has 10 nitrogen and oxygen atoms in total. The van der Waals surface area contributed by atoms with Gasteiger partial charge >= 0.3 is 0 Å². The predicted molar refractivity (Wildman–Crippen MR) is 151 cm³/mol. The Hall–Kier alpha value is -4.83. The van der Waals surface area contributed by atoms with E-state index < -0.39 is 0 Å². The number of benzene rings is 3. The lowest BCUT2D eigenvalue weighted by Gasteiger charge is -2.14. The second kappa shape index (κ2) is 12.1. The van der Waals surface area contributed by atoms with Crippen LogP contribution in [-0.2, 0) is 4.79 Å². The van der Waals surface area contributed by atoms with E-state index in [-0.39, 0.29) is 30.6 Å². The number of azo groups is 1. The van der Waals surface area contributed by atoms with Gasteiger partial charge < -0.3 is 19.9 Å². The van der Waals surface area contributed by atoms with Crippen LogP contribution in [-0.4, -0.2) is 42.8 Å². The number of carbonyl (C=O) groups excluding carboxylic acids is 2. The van der Waals surface area contributed by atoms with E-state index in [0.29, 0.717) is 45.4 Å². The molecule has 0 unspecified atom stereocenters. The maximum Gasteiger partial charge on any atom is 0.221 e. The van der Waals surface area contributed by atoms with Crippen LogP contribution in [0.5, 0.6) is 11.5 Å². The van der Waals surface area contributed by atoms with E-state index in [2.05, 4.69) is 26.1 Å². The molecule has 0 saturated carbocycles. The highest BCUT2D eigenvalue weighted by atomic mass is 16.5. The third kappa shape index (κ3) is 6.55. The first-order valence-electron chi connectivity index (χ1n) is 12.2. The molecule has 0 aliphatic heterocycles. The summed E-state index contributed by atoms with van der Waals surface area (Å²) in [5, 5.41) is 24.7. The van der Waals surface area contributed by atoms with E-state index in [4.69, 9.17) is 14.6 Å². The number of fused-ring (bicyclic) bond motifs is 1. The van der Waals surface area contributed by atoms with Crippen LogP contribution in [0.15, 0.2) is 69.9 Å². The summed E-state index contributed by atoms with van der Waals surface area (Å²) in [7, 11) is 1.54. The Labute approximate surface area is 226 Å². The lowest BCUT2D eigenvalue weighted by atomic mass is 9.94. The number of aliphatic hydroxyl groups is 1. The van der Waals surface area contributed by atoms with E-state index >= 15 is 0 Å². The first-order chi connectivity index (χ1) is 18.8. The minimum atomic E-state index is -0.237. The van der Waals surface area contributed by atoms with Crippen LogP contribution in [0.3, 0.4) is 0 Å². The molecule has 4 rings (SSSR count). The van der Waals surface area contributed by atoms with Crippen molar-refractivity contribution in [3.63, 3.8) is 0 Å². The van der Waals surface area contributed by atoms with Gasteiger partial charge in [-0.15, -0.1) is 0 Å². The van der Waals surface area contributed by atoms with Crippen molar-refractivity contribution in [2.45, 2.75) is 20.8 Å². The van der Waals surface area contributed by atoms with Crippen LogP contribution in [0.4, 0.5) is 22.7 Å². The summed E-state index contributed by atoms with van der Waals surface area (Å²) in [6.45, 7) is 5.39. The highest BCUT2D eigenvalue weighted by Crippen LogP contribution is 2.35. The number of hydrogen-bond donors (Lipinski definition) is 3. The zero-order chi connectivity index (χ0) is 27.9. The number of hydrazone groups is 1. The van der Waals surface area contributed by atoms with Gasteiger partial charge in [-0.1, -0.05) is 6.08 Å². The van der Waals surface area contributed by atoms with Crippen LogP contribution in [0.2, 0.25) is 0 Å². The van der Waals surface area contributed by atoms with Gasteiger partial charge in [0, 0.05) is 24.2 Å². The molecule has 0 spiro atoms. The van der Waals surface area contributed by atoms with Crippen molar-refractivity contribution in [2.75, 3.05) is 31.1 Å². The molecule has 3 aromatic carbocycles. The number of Topliss-reactive ketones (excluding diaryl/α,β-unsaturated/α-hetero) is 1. The molecular weight excluding hydrogens is 498 g/mol. The molecular formula is C29H29N5O5. The van der Waals surface area contributed by atoms with Gasteiger partial charge in [-0.3, -0.25) is 15.0 Å². The van der Waals surface area contributed by atoms with E-state index in [1.807, 2.05) is 26.0 Å². The number of carbonyl (C=O) groups is 2. The molecule has 10 heteroatoms. The molecule has 0 saturated heterocycles. The Kier molecular flexibility index (Phi) is 8.47. The summed E-state index contributed by atoms with van der Waals surface area (Å²) in [5.74, 6) is 0.716. The van der Waals surface area contributed by atoms with Gasteiger partial charge in [-0.2, -0.15) is 15.3 Å². The molecule has 1 aliphatic rings. The number of nitrogens with zero attached hydrogens (tertiary/aromatic N) is 3. The number of aliphatic hydroxyl groups excluding tert-OH is 1. The summed E-state index contributed by atoms with van der Waals surface area (Å²) in [4.78, 5) is 24.3. The average Bonchev–Trinajstić information content (AvgIpc) is 2.91. The van der Waals surface area contributed by atoms with Crippen molar-refractivity contribution in [1.82, 2.24) is 0 Å². The van der Waals surface area contributed by atoms with Crippen molar-refractivity contribution < 1.29 is 24.2 Å². The highest BCUT2D eigenvalue weighted by Gasteiger charge is 2.20. The Balaban J connectivity index is 1.51. The maximum atomic E-state index is 13.0. The van der Waals surface area contributed by atoms with Crippen molar-refractivity contribution >= 4 is 46.2 Å². The van der Waals surface area contributed by atoms with Crippen LogP contribution < -0.4 is 20.2 Å². The SMILES string of the molecule is COc1cc(/N=N/c2ccc(OCCO)cc2C)c(C)cc1N/N=C1/C=Cc2cc(NC(C)=O)ccc2C1=O. The number of aryl methyl sites for hydroxylation is 2. The van der Waals surface area contributed by atoms with Gasteiger partial charge in [0.15, 0.2) is 0 Å². The van der Waals surface area contributed by atoms with E-state index in [1.165, 1.54) is 14.0 Å². The van der Waals surface area contributed by atoms with Gasteiger partial charge in [0.05, 0.1) is 30.8 Å². The maximum absolute atomic E-state index is 13.0. The largest absolute Gasteiger partial charge is 0.494 e. The smallest absolute Gasteiger partial charge is 0.221 e. The van der Waals surface area contributed by atoms with Gasteiger partial charge in [0.2, 0.25) is 11.7 Å². The van der Waals surface area contributed by atoms with Crippen molar-refractivity contribution in [3.05, 3.63) is 76.9 Å². The number of amides is 1. The van der Waals surface area contributed by atoms with Gasteiger partial charge in [0.1, 0.15) is 23.8 Å². The van der Waals surface area contributed by atoms with Crippen LogP contribution >= 0.6 is 0 Å². The lowest BCUT2D eigenvalue weighted by Crippen LogP contribution is -2.18. The molecule has 0 radical (unpaired) electrons. The molecule has 3 N–H and O–H groups in total. The van der Waals surface area contributed by atoms with Crippen molar-refractivity contribution in [2.24, 2.45) is 15.3 Å². The standard InChI is InChI=1S/C29H29N5O5/c1-17-13-22(39-12-11-35)7-10-24(17)31-33-26-16-28(38-4)27(14-18(26)2)34-32-25-9-5-20-15-21(30-19(3)36)6-8-23(20)29(25)37/h5-10,13-16,34-35H,11-12H2,1-4H3,(H,30,36)/b32-25-,33-31+. The monoisotopic (exact) mass is 527 g/mol. The number of methoxy groups -OCH3 is 1. The Morgan fingerprint density at radius 1 is 0.974 bits per heavy atom. The van der Waals surface area contributed by atoms with Crippen LogP contribution in [0.1, 0.15) is 34.0 Å². The minimum absolute atomic E-state index is 0.0537. The van der Waals surface area contributed by atoms with Gasteiger partial charge in [-0.25, -0.2) is 0 Å². The molecule has 0 aromatic heterocycles. The topological polar surface area (TPSA) is 134 Å². The van der Waals surface area contributed by atoms with Crippen molar-refractivity contribution in [1.29, 1.82) is 0 Å². The van der Waals surface area contributed by atoms with Crippen LogP contribution in [0, 0.1) is 13.8 Å². The zero-order valence-electron chi connectivity index (χ0n) is 22.1. The van der Waals surface area contributed by atoms with Gasteiger partial charge in [0.25, 0.3) is 0 Å². The predicted octanol–water partition coefficient (Wildman–Crippen LogP) is 5.73. The quantitative estimate of drug-likeness (QED) is 0.240. The summed E-state index contributed by atoms with van der Waals surface area (Å²) in [5.41, 5.74) is 8.56. The fraction of sp³-hybridized carbons (Fsp3) is 0.207. The van der Waals surface area contributed by atoms with E-state index in [1.54, 1.807) is 48.6 Å². The lowest BCUT2D eigenvalue weighted by molar-refractivity contribution is -0.114. The number of nitrogens with one attached hydrogen (secondary N) is 2. The molecule has 0 fully saturated rings. The molecule has 1 aliphatic carbocycles. The Morgan fingerprint density at radius 3 is 2.46 bits per heavy atom. The number of hydrogen-bond acceptors (Lipinski definition) is 9. The summed E-state index contributed by atoms with van der Waals surface area (Å²) >= 11 is 0. The van der Waals surface area contributed by atoms with Crippen molar-refractivity contribution in [3.8, 4) is 11.5 Å². The van der Waals surface area contributed by atoms with E-state index in [9.17, 15) is 9.59 Å². The number of allylic oxidation sites excluding steroid dienone is 1. The normalized spacial score (nSPS) is 13.5. The fourth-order valence-corrected chi connectivity index (χ4v) is 3.92. The highest BCUT2D eigenvalue weighted by molar-refractivity contribution is 6.52. The van der Waals surface area contributed by atoms with E-state index in [0.717, 1.165) is 11.1 Å². The second-order valence-corrected chi connectivity index (χ2v) is 8.81. The summed E-state index contributed by atoms with van der Waals surface area (Å²) in [6.07, 6.45) is 3.40.